The van der Waals surface area contributed by atoms with E-state index in [2.05, 4.69) is 0 Å². The first-order chi connectivity index (χ1) is 7.60. The van der Waals surface area contributed by atoms with Gasteiger partial charge >= 0.3 is 5.97 Å². The van der Waals surface area contributed by atoms with Gasteiger partial charge in [0.15, 0.2) is 0 Å². The summed E-state index contributed by atoms with van der Waals surface area (Å²) < 4.78 is 10.3. The van der Waals surface area contributed by atoms with Gasteiger partial charge in [0.25, 0.3) is 0 Å². The van der Waals surface area contributed by atoms with Crippen LogP contribution in [0.2, 0.25) is 0 Å². The fourth-order valence-corrected chi connectivity index (χ4v) is 1.44. The van der Waals surface area contributed by atoms with Crippen LogP contribution in [-0.2, 0) is 11.2 Å². The van der Waals surface area contributed by atoms with Crippen LogP contribution in [0.25, 0.3) is 0 Å². The molecule has 0 spiro atoms. The number of carboxylic acids is 1. The Labute approximate surface area is 93.8 Å². The summed E-state index contributed by atoms with van der Waals surface area (Å²) in [7, 11) is 3.04. The Hall–Kier alpha value is -1.75. The van der Waals surface area contributed by atoms with Crippen LogP contribution in [0, 0.1) is 0 Å². The number of carboxylic acid groups (broad SMARTS) is 1. The zero-order valence-electron chi connectivity index (χ0n) is 9.27. The van der Waals surface area contributed by atoms with Gasteiger partial charge in [0, 0.05) is 12.0 Å². The second-order valence-electron chi connectivity index (χ2n) is 3.29. The molecule has 0 aromatic heterocycles. The van der Waals surface area contributed by atoms with Crippen molar-refractivity contribution in [2.75, 3.05) is 14.2 Å². The number of nitrogens with two attached hydrogens (primary N) is 1. The zero-order valence-corrected chi connectivity index (χ0v) is 9.27. The summed E-state index contributed by atoms with van der Waals surface area (Å²) in [6, 6.07) is 4.29. The lowest BCUT2D eigenvalue weighted by Gasteiger charge is -2.14. The highest BCUT2D eigenvalue weighted by atomic mass is 16.5. The summed E-state index contributed by atoms with van der Waals surface area (Å²) in [5.74, 6) is 0.111. The Morgan fingerprint density at radius 1 is 1.38 bits per heavy atom. The normalized spacial score (nSPS) is 11.9. The van der Waals surface area contributed by atoms with Crippen LogP contribution < -0.4 is 15.2 Å². The number of methoxy groups -OCH3 is 2. The Bertz CT molecular complexity index is 356. The van der Waals surface area contributed by atoms with Crippen LogP contribution in [-0.4, -0.2) is 31.3 Å². The van der Waals surface area contributed by atoms with Crippen LogP contribution >= 0.6 is 0 Å². The van der Waals surface area contributed by atoms with Crippen molar-refractivity contribution in [3.8, 4) is 11.5 Å². The van der Waals surface area contributed by atoms with Crippen LogP contribution in [0.3, 0.4) is 0 Å². The summed E-state index contributed by atoms with van der Waals surface area (Å²) in [6.45, 7) is 0. The van der Waals surface area contributed by atoms with Gasteiger partial charge in [-0.3, -0.25) is 4.79 Å². The molecule has 0 unspecified atom stereocenters. The second kappa shape index (κ2) is 5.37. The predicted molar refractivity (Wildman–Crippen MR) is 58.9 cm³/mol. The maximum Gasteiger partial charge on any atom is 0.320 e. The number of hydrogen-bond acceptors (Lipinski definition) is 4. The standard InChI is InChI=1S/C11H15NO4/c1-15-9-4-3-5-10(16-2)7(9)6-8(12)11(13)14/h3-5,8H,6,12H2,1-2H3,(H,13,14)/t8-/m0/s1. The van der Waals surface area contributed by atoms with Crippen LogP contribution in [0.1, 0.15) is 5.56 Å². The third-order valence-electron chi connectivity index (χ3n) is 2.27. The van der Waals surface area contributed by atoms with Gasteiger partial charge in [-0.25, -0.2) is 0 Å². The van der Waals surface area contributed by atoms with E-state index in [0.717, 1.165) is 0 Å². The molecule has 88 valence electrons. The smallest absolute Gasteiger partial charge is 0.320 e. The maximum absolute atomic E-state index is 10.7. The molecule has 0 radical (unpaired) electrons. The summed E-state index contributed by atoms with van der Waals surface area (Å²) in [5, 5.41) is 8.76. The van der Waals surface area contributed by atoms with E-state index >= 15 is 0 Å². The number of rotatable bonds is 5. The summed E-state index contributed by atoms with van der Waals surface area (Å²) in [5.41, 5.74) is 6.15. The Kier molecular flexibility index (Phi) is 4.13. The first kappa shape index (κ1) is 12.3. The Morgan fingerprint density at radius 3 is 2.25 bits per heavy atom. The van der Waals surface area contributed by atoms with Gasteiger partial charge in [-0.2, -0.15) is 0 Å². The van der Waals surface area contributed by atoms with E-state index in [4.69, 9.17) is 20.3 Å². The lowest BCUT2D eigenvalue weighted by Crippen LogP contribution is -2.32. The maximum atomic E-state index is 10.7. The molecule has 5 heteroatoms. The molecule has 3 N–H and O–H groups in total. The second-order valence-corrected chi connectivity index (χ2v) is 3.29. The predicted octanol–water partition coefficient (Wildman–Crippen LogP) is 0.658. The molecule has 0 aliphatic rings. The fraction of sp³-hybridized carbons (Fsp3) is 0.364. The summed E-state index contributed by atoms with van der Waals surface area (Å²) >= 11 is 0. The molecular formula is C11H15NO4. The van der Waals surface area contributed by atoms with Crippen LogP contribution in [0.15, 0.2) is 18.2 Å². The first-order valence-electron chi connectivity index (χ1n) is 4.78. The molecule has 0 bridgehead atoms. The van der Waals surface area contributed by atoms with Crippen molar-refractivity contribution in [2.24, 2.45) is 5.73 Å². The summed E-state index contributed by atoms with van der Waals surface area (Å²) in [4.78, 5) is 10.7. The average molecular weight is 225 g/mol. The number of benzene rings is 1. The van der Waals surface area contributed by atoms with Crippen LogP contribution in [0.5, 0.6) is 11.5 Å². The SMILES string of the molecule is COc1cccc(OC)c1C[C@H](N)C(=O)O. The average Bonchev–Trinajstić information content (AvgIpc) is 2.29. The monoisotopic (exact) mass is 225 g/mol. The molecule has 0 amide bonds. The third kappa shape index (κ3) is 2.64. The largest absolute Gasteiger partial charge is 0.496 e. The van der Waals surface area contributed by atoms with Crippen molar-refractivity contribution in [1.29, 1.82) is 0 Å². The number of carbonyl (C=O) groups is 1. The number of aliphatic carboxylic acids is 1. The van der Waals surface area contributed by atoms with Crippen molar-refractivity contribution in [3.05, 3.63) is 23.8 Å². The van der Waals surface area contributed by atoms with Gasteiger partial charge in [0.1, 0.15) is 17.5 Å². The van der Waals surface area contributed by atoms with Crippen LogP contribution in [0.4, 0.5) is 0 Å². The lowest BCUT2D eigenvalue weighted by molar-refractivity contribution is -0.138. The lowest BCUT2D eigenvalue weighted by atomic mass is 10.0. The molecule has 0 fully saturated rings. The highest BCUT2D eigenvalue weighted by molar-refractivity contribution is 5.74. The van der Waals surface area contributed by atoms with E-state index in [9.17, 15) is 4.79 Å². The number of hydrogen-bond donors (Lipinski definition) is 2. The van der Waals surface area contributed by atoms with Gasteiger partial charge < -0.3 is 20.3 Å². The van der Waals surface area contributed by atoms with E-state index in [0.29, 0.717) is 17.1 Å². The van der Waals surface area contributed by atoms with Crippen molar-refractivity contribution in [1.82, 2.24) is 0 Å². The molecule has 1 atom stereocenters. The van der Waals surface area contributed by atoms with E-state index < -0.39 is 12.0 Å². The van der Waals surface area contributed by atoms with E-state index in [1.165, 1.54) is 14.2 Å². The van der Waals surface area contributed by atoms with Crippen molar-refractivity contribution in [3.63, 3.8) is 0 Å². The van der Waals surface area contributed by atoms with Gasteiger partial charge in [-0.15, -0.1) is 0 Å². The number of ether oxygens (including phenoxy) is 2. The molecule has 0 heterocycles. The Balaban J connectivity index is 3.04. The summed E-state index contributed by atoms with van der Waals surface area (Å²) in [6.07, 6.45) is 0.169. The molecule has 16 heavy (non-hydrogen) atoms. The van der Waals surface area contributed by atoms with Gasteiger partial charge in [0.05, 0.1) is 14.2 Å². The minimum atomic E-state index is -1.05. The van der Waals surface area contributed by atoms with Crippen molar-refractivity contribution >= 4 is 5.97 Å². The minimum absolute atomic E-state index is 0.169. The quantitative estimate of drug-likeness (QED) is 0.769. The molecule has 0 aliphatic heterocycles. The van der Waals surface area contributed by atoms with E-state index in [-0.39, 0.29) is 6.42 Å². The van der Waals surface area contributed by atoms with E-state index in [1.807, 2.05) is 0 Å². The third-order valence-corrected chi connectivity index (χ3v) is 2.27. The van der Waals surface area contributed by atoms with E-state index in [1.54, 1.807) is 18.2 Å². The highest BCUT2D eigenvalue weighted by Crippen LogP contribution is 2.29. The molecule has 0 saturated carbocycles. The molecule has 1 aromatic carbocycles. The topological polar surface area (TPSA) is 81.8 Å². The van der Waals surface area contributed by atoms with Crippen molar-refractivity contribution < 1.29 is 19.4 Å². The molecule has 5 nitrogen and oxygen atoms in total. The van der Waals surface area contributed by atoms with Gasteiger partial charge in [-0.05, 0) is 12.1 Å². The van der Waals surface area contributed by atoms with Gasteiger partial charge in [0.2, 0.25) is 0 Å². The molecule has 0 saturated heterocycles. The molecule has 1 rings (SSSR count). The first-order valence-corrected chi connectivity index (χ1v) is 4.78. The molecule has 1 aromatic rings. The molecule has 0 aliphatic carbocycles. The minimum Gasteiger partial charge on any atom is -0.496 e. The fourth-order valence-electron chi connectivity index (χ4n) is 1.44. The van der Waals surface area contributed by atoms with Crippen molar-refractivity contribution in [2.45, 2.75) is 12.5 Å². The molecular weight excluding hydrogens is 210 g/mol. The Morgan fingerprint density at radius 2 is 1.88 bits per heavy atom. The zero-order chi connectivity index (χ0) is 12.1. The van der Waals surface area contributed by atoms with Gasteiger partial charge in [-0.1, -0.05) is 6.07 Å². The highest BCUT2D eigenvalue weighted by Gasteiger charge is 2.18.